The van der Waals surface area contributed by atoms with Crippen LogP contribution in [0, 0.1) is 11.8 Å². The van der Waals surface area contributed by atoms with Gasteiger partial charge in [0.15, 0.2) is 0 Å². The first kappa shape index (κ1) is 12.5. The summed E-state index contributed by atoms with van der Waals surface area (Å²) in [6, 6.07) is 0. The van der Waals surface area contributed by atoms with Crippen LogP contribution in [0.2, 0.25) is 0 Å². The van der Waals surface area contributed by atoms with Gasteiger partial charge in [0, 0.05) is 0 Å². The summed E-state index contributed by atoms with van der Waals surface area (Å²) >= 11 is 0. The van der Waals surface area contributed by atoms with Gasteiger partial charge in [0.2, 0.25) is 0 Å². The molecule has 1 aliphatic carbocycles. The fourth-order valence-corrected chi connectivity index (χ4v) is 2.16. The van der Waals surface area contributed by atoms with Gasteiger partial charge in [-0.15, -0.1) is 0 Å². The number of rotatable bonds is 7. The molecule has 0 saturated heterocycles. The molecule has 0 aromatic rings. The average Bonchev–Trinajstić information content (AvgIpc) is 2.87. The van der Waals surface area contributed by atoms with Crippen LogP contribution in [0.1, 0.15) is 52.4 Å². The molecule has 88 valence electrons. The fraction of sp³-hybridized carbons (Fsp3) is 0.917. The molecule has 1 fully saturated rings. The zero-order chi connectivity index (χ0) is 11.5. The minimum absolute atomic E-state index is 0.559. The van der Waals surface area contributed by atoms with Crippen molar-refractivity contribution in [3.05, 3.63) is 0 Å². The Labute approximate surface area is 91.5 Å². The van der Waals surface area contributed by atoms with E-state index < -0.39 is 17.5 Å². The monoisotopic (exact) mass is 214 g/mol. The third-order valence-electron chi connectivity index (χ3n) is 3.29. The second-order valence-corrected chi connectivity index (χ2v) is 5.04. The molecule has 15 heavy (non-hydrogen) atoms. The van der Waals surface area contributed by atoms with E-state index in [1.54, 1.807) is 6.92 Å². The predicted molar refractivity (Wildman–Crippen MR) is 58.6 cm³/mol. The topological polar surface area (TPSA) is 57.5 Å². The normalized spacial score (nSPS) is 22.1. The number of hydrogen-bond donors (Lipinski definition) is 2. The Kier molecular flexibility index (Phi) is 4.14. The minimum atomic E-state index is -1.03. The van der Waals surface area contributed by atoms with E-state index in [2.05, 4.69) is 0 Å². The van der Waals surface area contributed by atoms with Crippen LogP contribution in [0.15, 0.2) is 0 Å². The third kappa shape index (κ3) is 3.82. The van der Waals surface area contributed by atoms with E-state index in [1.165, 1.54) is 0 Å². The lowest BCUT2D eigenvalue weighted by Crippen LogP contribution is -2.40. The molecule has 0 bridgehead atoms. The van der Waals surface area contributed by atoms with Crippen molar-refractivity contribution in [3.8, 4) is 0 Å². The highest BCUT2D eigenvalue weighted by Gasteiger charge is 2.40. The summed E-state index contributed by atoms with van der Waals surface area (Å²) < 4.78 is 0. The number of hydrogen-bond acceptors (Lipinski definition) is 2. The lowest BCUT2D eigenvalue weighted by Gasteiger charge is -2.30. The number of aliphatic hydroxyl groups is 1. The summed E-state index contributed by atoms with van der Waals surface area (Å²) in [4.78, 5) is 11.1. The largest absolute Gasteiger partial charge is 0.481 e. The lowest BCUT2D eigenvalue weighted by molar-refractivity contribution is -0.152. The Bertz CT molecular complexity index is 219. The molecule has 0 amide bonds. The maximum absolute atomic E-state index is 11.1. The first-order valence-corrected chi connectivity index (χ1v) is 5.92. The molecule has 3 heteroatoms. The molecule has 2 unspecified atom stereocenters. The molecule has 0 spiro atoms. The van der Waals surface area contributed by atoms with Crippen LogP contribution in [0.4, 0.5) is 0 Å². The van der Waals surface area contributed by atoms with Crippen LogP contribution < -0.4 is 0 Å². The Hall–Kier alpha value is -0.570. The Morgan fingerprint density at radius 2 is 2.13 bits per heavy atom. The number of carboxylic acid groups (broad SMARTS) is 1. The van der Waals surface area contributed by atoms with Gasteiger partial charge in [-0.1, -0.05) is 32.6 Å². The maximum atomic E-state index is 11.1. The summed E-state index contributed by atoms with van der Waals surface area (Å²) in [5, 5.41) is 19.3. The van der Waals surface area contributed by atoms with Crippen molar-refractivity contribution in [2.75, 3.05) is 0 Å². The van der Waals surface area contributed by atoms with Crippen LogP contribution in [0.25, 0.3) is 0 Å². The van der Waals surface area contributed by atoms with E-state index in [1.807, 2.05) is 6.92 Å². The Morgan fingerprint density at radius 3 is 2.53 bits per heavy atom. The molecule has 0 aromatic heterocycles. The molecule has 0 aliphatic heterocycles. The van der Waals surface area contributed by atoms with E-state index in [9.17, 15) is 9.90 Å². The van der Waals surface area contributed by atoms with Crippen LogP contribution in [-0.4, -0.2) is 21.8 Å². The summed E-state index contributed by atoms with van der Waals surface area (Å²) in [6.07, 6.45) is 5.38. The van der Waals surface area contributed by atoms with Gasteiger partial charge in [-0.3, -0.25) is 4.79 Å². The summed E-state index contributed by atoms with van der Waals surface area (Å²) in [7, 11) is 0. The Morgan fingerprint density at radius 1 is 1.53 bits per heavy atom. The molecule has 0 heterocycles. The van der Waals surface area contributed by atoms with E-state index in [4.69, 9.17) is 5.11 Å². The quantitative estimate of drug-likeness (QED) is 0.684. The van der Waals surface area contributed by atoms with Crippen LogP contribution >= 0.6 is 0 Å². The van der Waals surface area contributed by atoms with E-state index in [-0.39, 0.29) is 0 Å². The third-order valence-corrected chi connectivity index (χ3v) is 3.29. The second-order valence-electron chi connectivity index (χ2n) is 5.04. The summed E-state index contributed by atoms with van der Waals surface area (Å²) in [6.45, 7) is 3.72. The van der Waals surface area contributed by atoms with Crippen molar-refractivity contribution in [2.24, 2.45) is 11.8 Å². The van der Waals surface area contributed by atoms with Gasteiger partial charge in [0.25, 0.3) is 0 Å². The van der Waals surface area contributed by atoms with Crippen molar-refractivity contribution in [1.29, 1.82) is 0 Å². The van der Waals surface area contributed by atoms with E-state index >= 15 is 0 Å². The highest BCUT2D eigenvalue weighted by molar-refractivity contribution is 5.71. The van der Waals surface area contributed by atoms with Gasteiger partial charge in [-0.05, 0) is 25.7 Å². The first-order chi connectivity index (χ1) is 6.97. The van der Waals surface area contributed by atoms with Gasteiger partial charge >= 0.3 is 5.97 Å². The van der Waals surface area contributed by atoms with Crippen LogP contribution in [0.5, 0.6) is 0 Å². The fourth-order valence-electron chi connectivity index (χ4n) is 2.16. The first-order valence-electron chi connectivity index (χ1n) is 5.92. The molecule has 1 aliphatic rings. The molecular formula is C12H22O3. The zero-order valence-corrected chi connectivity index (χ0v) is 9.70. The molecule has 0 aromatic carbocycles. The van der Waals surface area contributed by atoms with Gasteiger partial charge in [-0.25, -0.2) is 0 Å². The van der Waals surface area contributed by atoms with E-state index in [0.29, 0.717) is 18.8 Å². The molecule has 1 rings (SSSR count). The van der Waals surface area contributed by atoms with Crippen molar-refractivity contribution < 1.29 is 15.0 Å². The maximum Gasteiger partial charge on any atom is 0.309 e. The number of aliphatic carboxylic acids is 1. The lowest BCUT2D eigenvalue weighted by atomic mass is 9.81. The average molecular weight is 214 g/mol. The smallest absolute Gasteiger partial charge is 0.309 e. The molecule has 1 saturated carbocycles. The van der Waals surface area contributed by atoms with Crippen molar-refractivity contribution in [2.45, 2.75) is 58.0 Å². The molecular weight excluding hydrogens is 192 g/mol. The molecule has 2 N–H and O–H groups in total. The standard InChI is InChI=1S/C12H22O3/c1-3-4-5-10(11(13)14)12(2,15)8-9-6-7-9/h9-10,15H,3-8H2,1-2H3,(H,13,14). The highest BCUT2D eigenvalue weighted by atomic mass is 16.4. The minimum Gasteiger partial charge on any atom is -0.481 e. The van der Waals surface area contributed by atoms with Crippen molar-refractivity contribution >= 4 is 5.97 Å². The van der Waals surface area contributed by atoms with Crippen molar-refractivity contribution in [1.82, 2.24) is 0 Å². The second kappa shape index (κ2) is 4.97. The van der Waals surface area contributed by atoms with Gasteiger partial charge in [0.05, 0.1) is 11.5 Å². The molecule has 0 radical (unpaired) electrons. The number of unbranched alkanes of at least 4 members (excludes halogenated alkanes) is 1. The van der Waals surface area contributed by atoms with Crippen LogP contribution in [0.3, 0.4) is 0 Å². The number of carbonyl (C=O) groups is 1. The summed E-state index contributed by atoms with van der Waals surface area (Å²) in [5.74, 6) is -0.893. The van der Waals surface area contributed by atoms with Gasteiger partial charge in [0.1, 0.15) is 0 Å². The molecule has 3 nitrogen and oxygen atoms in total. The van der Waals surface area contributed by atoms with Crippen LogP contribution in [-0.2, 0) is 4.79 Å². The molecule has 2 atom stereocenters. The number of carboxylic acids is 1. The van der Waals surface area contributed by atoms with Gasteiger partial charge in [-0.2, -0.15) is 0 Å². The van der Waals surface area contributed by atoms with Gasteiger partial charge < -0.3 is 10.2 Å². The predicted octanol–water partition coefficient (Wildman–Crippen LogP) is 2.43. The van der Waals surface area contributed by atoms with E-state index in [0.717, 1.165) is 25.7 Å². The highest BCUT2D eigenvalue weighted by Crippen LogP contribution is 2.40. The zero-order valence-electron chi connectivity index (χ0n) is 9.70. The Balaban J connectivity index is 2.54. The summed E-state index contributed by atoms with van der Waals surface area (Å²) in [5.41, 5.74) is -1.03. The SMILES string of the molecule is CCCCC(C(=O)O)C(C)(O)CC1CC1. The van der Waals surface area contributed by atoms with Crippen molar-refractivity contribution in [3.63, 3.8) is 0 Å².